The molecule has 40 heavy (non-hydrogen) atoms. The second-order valence-electron chi connectivity index (χ2n) is 9.44. The predicted octanol–water partition coefficient (Wildman–Crippen LogP) is 6.44. The summed E-state index contributed by atoms with van der Waals surface area (Å²) in [5, 5.41) is 10.3. The highest BCUT2D eigenvalue weighted by atomic mass is 32.2. The van der Waals surface area contributed by atoms with Crippen LogP contribution in [0.2, 0.25) is 0 Å². The van der Waals surface area contributed by atoms with Crippen LogP contribution in [0, 0.1) is 0 Å². The lowest BCUT2D eigenvalue weighted by Gasteiger charge is -2.43. The van der Waals surface area contributed by atoms with Crippen molar-refractivity contribution in [3.8, 4) is 0 Å². The van der Waals surface area contributed by atoms with Crippen LogP contribution in [0.25, 0.3) is 0 Å². The van der Waals surface area contributed by atoms with E-state index in [9.17, 15) is 19.5 Å². The standard InChI is InChI=1S/C31H26N4O4S/c36-29(37)26-21-32(30(38)34(22-11-3-1-4-12-22)23-13-5-2-6-14-23)19-20-33(26)31(39)35-24-15-7-9-17-27(24)40-28-18-10-8-16-25(28)35/h1-18,26H,19-21H2,(H,36,37)/t26-/m0/s1. The third-order valence-electron chi connectivity index (χ3n) is 7.03. The molecule has 4 aromatic carbocycles. The van der Waals surface area contributed by atoms with Gasteiger partial charge in [-0.3, -0.25) is 9.80 Å². The molecule has 2 aliphatic rings. The highest BCUT2D eigenvalue weighted by Gasteiger charge is 2.42. The molecule has 1 atom stereocenters. The zero-order chi connectivity index (χ0) is 27.6. The van der Waals surface area contributed by atoms with Gasteiger partial charge in [-0.05, 0) is 48.5 Å². The number of hydrogen-bond donors (Lipinski definition) is 1. The van der Waals surface area contributed by atoms with E-state index < -0.39 is 18.0 Å². The number of amides is 4. The number of aliphatic carboxylic acids is 1. The second kappa shape index (κ2) is 10.8. The number of fused-ring (bicyclic) bond motifs is 2. The number of carboxylic acid groups (broad SMARTS) is 1. The molecule has 2 aliphatic heterocycles. The van der Waals surface area contributed by atoms with Crippen LogP contribution in [0.15, 0.2) is 119 Å². The van der Waals surface area contributed by atoms with Gasteiger partial charge in [0.2, 0.25) is 0 Å². The molecule has 8 nitrogen and oxygen atoms in total. The molecular weight excluding hydrogens is 524 g/mol. The number of rotatable bonds is 3. The van der Waals surface area contributed by atoms with Crippen molar-refractivity contribution >= 4 is 52.5 Å². The molecule has 4 amide bonds. The van der Waals surface area contributed by atoms with Crippen molar-refractivity contribution in [1.82, 2.24) is 9.80 Å². The van der Waals surface area contributed by atoms with Gasteiger partial charge in [0, 0.05) is 22.9 Å². The maximum absolute atomic E-state index is 14.1. The van der Waals surface area contributed by atoms with E-state index in [1.165, 1.54) is 9.80 Å². The zero-order valence-corrected chi connectivity index (χ0v) is 22.3. The van der Waals surface area contributed by atoms with E-state index in [4.69, 9.17) is 0 Å². The molecule has 0 unspecified atom stereocenters. The Balaban J connectivity index is 1.30. The highest BCUT2D eigenvalue weighted by Crippen LogP contribution is 2.48. The summed E-state index contributed by atoms with van der Waals surface area (Å²) in [6, 6.07) is 31.7. The summed E-state index contributed by atoms with van der Waals surface area (Å²) in [6.45, 7) is 0.130. The first kappa shape index (κ1) is 25.5. The molecule has 1 N–H and O–H groups in total. The number of anilines is 4. The van der Waals surface area contributed by atoms with Crippen LogP contribution in [-0.2, 0) is 4.79 Å². The number of piperazine rings is 1. The average molecular weight is 551 g/mol. The molecular formula is C31H26N4O4S. The summed E-state index contributed by atoms with van der Waals surface area (Å²) in [5.41, 5.74) is 2.75. The summed E-state index contributed by atoms with van der Waals surface area (Å²) in [5.74, 6) is -1.16. The number of benzene rings is 4. The Hall–Kier alpha value is -4.76. The zero-order valence-electron chi connectivity index (χ0n) is 21.5. The minimum absolute atomic E-state index is 0.0763. The van der Waals surface area contributed by atoms with Crippen molar-refractivity contribution in [2.24, 2.45) is 0 Å². The first-order valence-electron chi connectivity index (χ1n) is 12.9. The van der Waals surface area contributed by atoms with Crippen molar-refractivity contribution in [3.63, 3.8) is 0 Å². The molecule has 200 valence electrons. The van der Waals surface area contributed by atoms with Gasteiger partial charge in [-0.1, -0.05) is 72.4 Å². The normalized spacial score (nSPS) is 16.1. The van der Waals surface area contributed by atoms with E-state index in [1.54, 1.807) is 21.6 Å². The number of carbonyl (C=O) groups excluding carboxylic acids is 2. The minimum Gasteiger partial charge on any atom is -0.480 e. The summed E-state index contributed by atoms with van der Waals surface area (Å²) < 4.78 is 0. The number of nitrogens with zero attached hydrogens (tertiary/aromatic N) is 4. The maximum atomic E-state index is 14.1. The summed E-state index contributed by atoms with van der Waals surface area (Å²) >= 11 is 1.57. The Kier molecular flexibility index (Phi) is 6.88. The quantitative estimate of drug-likeness (QED) is 0.317. The summed E-state index contributed by atoms with van der Waals surface area (Å²) in [4.78, 5) is 48.5. The Morgan fingerprint density at radius 1 is 0.700 bits per heavy atom. The summed E-state index contributed by atoms with van der Waals surface area (Å²) in [7, 11) is 0. The van der Waals surface area contributed by atoms with Crippen LogP contribution in [-0.4, -0.2) is 58.6 Å². The van der Waals surface area contributed by atoms with Crippen LogP contribution in [0.5, 0.6) is 0 Å². The molecule has 6 rings (SSSR count). The Morgan fingerprint density at radius 2 is 1.20 bits per heavy atom. The third kappa shape index (κ3) is 4.65. The third-order valence-corrected chi connectivity index (χ3v) is 8.16. The first-order valence-corrected chi connectivity index (χ1v) is 13.7. The van der Waals surface area contributed by atoms with Gasteiger partial charge in [-0.25, -0.2) is 14.4 Å². The highest BCUT2D eigenvalue weighted by molar-refractivity contribution is 7.99. The Bertz CT molecular complexity index is 1480. The van der Waals surface area contributed by atoms with E-state index in [-0.39, 0.29) is 25.7 Å². The second-order valence-corrected chi connectivity index (χ2v) is 10.5. The lowest BCUT2D eigenvalue weighted by Crippen LogP contribution is -2.62. The fraction of sp³-hybridized carbons (Fsp3) is 0.129. The molecule has 9 heteroatoms. The fourth-order valence-electron chi connectivity index (χ4n) is 5.10. The molecule has 4 aromatic rings. The SMILES string of the molecule is O=C(O)[C@@H]1CN(C(=O)N(c2ccccc2)c2ccccc2)CCN1C(=O)N1c2ccccc2Sc2ccccc21. The van der Waals surface area contributed by atoms with Crippen LogP contribution in [0.3, 0.4) is 0 Å². The lowest BCUT2D eigenvalue weighted by molar-refractivity contribution is -0.143. The van der Waals surface area contributed by atoms with E-state index in [1.807, 2.05) is 109 Å². The number of hydrogen-bond acceptors (Lipinski definition) is 4. The van der Waals surface area contributed by atoms with Crippen LogP contribution >= 0.6 is 11.8 Å². The monoisotopic (exact) mass is 550 g/mol. The predicted molar refractivity (Wildman–Crippen MR) is 155 cm³/mol. The number of carbonyl (C=O) groups is 3. The molecule has 2 heterocycles. The molecule has 1 fully saturated rings. The molecule has 0 bridgehead atoms. The van der Waals surface area contributed by atoms with Gasteiger partial charge in [0.05, 0.1) is 29.3 Å². The Labute approximate surface area is 236 Å². The van der Waals surface area contributed by atoms with Crippen molar-refractivity contribution in [3.05, 3.63) is 109 Å². The average Bonchev–Trinajstić information content (AvgIpc) is 3.00. The van der Waals surface area contributed by atoms with E-state index >= 15 is 0 Å². The fourth-order valence-corrected chi connectivity index (χ4v) is 6.16. The van der Waals surface area contributed by atoms with Gasteiger partial charge in [-0.2, -0.15) is 0 Å². The number of para-hydroxylation sites is 4. The van der Waals surface area contributed by atoms with Gasteiger partial charge in [0.15, 0.2) is 0 Å². The molecule has 1 saturated heterocycles. The lowest BCUT2D eigenvalue weighted by atomic mass is 10.1. The van der Waals surface area contributed by atoms with E-state index in [0.717, 1.165) is 9.79 Å². The first-order chi connectivity index (χ1) is 19.5. The molecule has 0 saturated carbocycles. The van der Waals surface area contributed by atoms with Gasteiger partial charge >= 0.3 is 18.0 Å². The van der Waals surface area contributed by atoms with Gasteiger partial charge < -0.3 is 14.9 Å². The van der Waals surface area contributed by atoms with Crippen LogP contribution in [0.4, 0.5) is 32.3 Å². The largest absolute Gasteiger partial charge is 0.480 e. The van der Waals surface area contributed by atoms with Gasteiger partial charge in [-0.15, -0.1) is 0 Å². The van der Waals surface area contributed by atoms with Crippen molar-refractivity contribution in [1.29, 1.82) is 0 Å². The molecule has 0 radical (unpaired) electrons. The van der Waals surface area contributed by atoms with Crippen molar-refractivity contribution in [2.45, 2.75) is 15.8 Å². The summed E-state index contributed by atoms with van der Waals surface area (Å²) in [6.07, 6.45) is 0. The van der Waals surface area contributed by atoms with E-state index in [2.05, 4.69) is 0 Å². The van der Waals surface area contributed by atoms with Crippen LogP contribution < -0.4 is 9.80 Å². The topological polar surface area (TPSA) is 84.4 Å². The maximum Gasteiger partial charge on any atom is 0.330 e. The number of carboxylic acids is 1. The minimum atomic E-state index is -1.22. The van der Waals surface area contributed by atoms with Crippen LogP contribution in [0.1, 0.15) is 0 Å². The van der Waals surface area contributed by atoms with Gasteiger partial charge in [0.25, 0.3) is 0 Å². The number of urea groups is 2. The molecule has 0 spiro atoms. The van der Waals surface area contributed by atoms with Gasteiger partial charge in [0.1, 0.15) is 6.04 Å². The smallest absolute Gasteiger partial charge is 0.330 e. The Morgan fingerprint density at radius 3 is 1.73 bits per heavy atom. The van der Waals surface area contributed by atoms with Crippen molar-refractivity contribution in [2.75, 3.05) is 29.4 Å². The van der Waals surface area contributed by atoms with E-state index in [0.29, 0.717) is 22.7 Å². The van der Waals surface area contributed by atoms with Crippen molar-refractivity contribution < 1.29 is 19.5 Å². The molecule has 0 aromatic heterocycles. The molecule has 0 aliphatic carbocycles.